The maximum absolute atomic E-state index is 13.0. The van der Waals surface area contributed by atoms with E-state index < -0.39 is 12.2 Å². The predicted octanol–water partition coefficient (Wildman–Crippen LogP) is 3.28. The molecule has 0 bridgehead atoms. The fourth-order valence-electron chi connectivity index (χ4n) is 2.21. The van der Waals surface area contributed by atoms with Crippen molar-refractivity contribution in [2.24, 2.45) is 0 Å². The summed E-state index contributed by atoms with van der Waals surface area (Å²) in [6, 6.07) is 8.64. The van der Waals surface area contributed by atoms with Gasteiger partial charge < -0.3 is 24.3 Å². The molecule has 1 amide bonds. The van der Waals surface area contributed by atoms with E-state index in [9.17, 15) is 13.6 Å². The van der Waals surface area contributed by atoms with Crippen molar-refractivity contribution in [2.45, 2.75) is 6.29 Å². The summed E-state index contributed by atoms with van der Waals surface area (Å²) < 4.78 is 44.9. The highest BCUT2D eigenvalue weighted by molar-refractivity contribution is 6.04. The Labute approximate surface area is 135 Å². The van der Waals surface area contributed by atoms with Crippen LogP contribution in [-0.4, -0.2) is 26.4 Å². The Morgan fingerprint density at radius 1 is 1.00 bits per heavy atom. The number of benzene rings is 2. The predicted molar refractivity (Wildman–Crippen MR) is 80.1 cm³/mol. The molecule has 1 N–H and O–H groups in total. The molecule has 0 radical (unpaired) electrons. The largest absolute Gasteiger partial charge is 0.586 e. The minimum absolute atomic E-state index is 0.0934. The molecule has 8 heteroatoms. The van der Waals surface area contributed by atoms with Crippen LogP contribution in [0.1, 0.15) is 10.4 Å². The number of halogens is 2. The zero-order valence-electron chi connectivity index (χ0n) is 12.8. The summed E-state index contributed by atoms with van der Waals surface area (Å²) in [6.45, 7) is 0. The summed E-state index contributed by atoms with van der Waals surface area (Å²) in [5, 5.41) is 2.59. The molecule has 2 aromatic carbocycles. The lowest BCUT2D eigenvalue weighted by Gasteiger charge is -2.10. The lowest BCUT2D eigenvalue weighted by Crippen LogP contribution is -2.25. The average Bonchev–Trinajstić information content (AvgIpc) is 2.87. The van der Waals surface area contributed by atoms with Gasteiger partial charge in [0.25, 0.3) is 5.91 Å². The summed E-state index contributed by atoms with van der Waals surface area (Å²) in [5.41, 5.74) is 0.602. The SMILES string of the molecule is COc1ccc(C(=O)Nc2ccc3c(c2)OC(F)(F)O3)cc1OC. The average molecular weight is 337 g/mol. The molecule has 0 atom stereocenters. The van der Waals surface area contributed by atoms with E-state index in [1.807, 2.05) is 0 Å². The standard InChI is InChI=1S/C16H13F2NO5/c1-21-11-5-3-9(7-13(11)22-2)15(20)19-10-4-6-12-14(8-10)24-16(17,18)23-12/h3-8H,1-2H3,(H,19,20). The van der Waals surface area contributed by atoms with Crippen molar-refractivity contribution in [2.75, 3.05) is 19.5 Å². The van der Waals surface area contributed by atoms with Gasteiger partial charge in [0.2, 0.25) is 0 Å². The van der Waals surface area contributed by atoms with Crippen molar-refractivity contribution in [3.63, 3.8) is 0 Å². The zero-order chi connectivity index (χ0) is 17.3. The zero-order valence-corrected chi connectivity index (χ0v) is 12.8. The van der Waals surface area contributed by atoms with Crippen molar-refractivity contribution >= 4 is 11.6 Å². The van der Waals surface area contributed by atoms with E-state index in [2.05, 4.69) is 14.8 Å². The molecular formula is C16H13F2NO5. The van der Waals surface area contributed by atoms with Crippen LogP contribution in [0.2, 0.25) is 0 Å². The van der Waals surface area contributed by atoms with Gasteiger partial charge in [-0.15, -0.1) is 8.78 Å². The van der Waals surface area contributed by atoms with Crippen LogP contribution in [0.15, 0.2) is 36.4 Å². The van der Waals surface area contributed by atoms with Gasteiger partial charge in [-0.2, -0.15) is 0 Å². The van der Waals surface area contributed by atoms with E-state index in [-0.39, 0.29) is 17.2 Å². The Kier molecular flexibility index (Phi) is 3.88. The van der Waals surface area contributed by atoms with Gasteiger partial charge >= 0.3 is 6.29 Å². The number of methoxy groups -OCH3 is 2. The molecule has 126 valence electrons. The third-order valence-electron chi connectivity index (χ3n) is 3.30. The Morgan fingerprint density at radius 2 is 1.71 bits per heavy atom. The third kappa shape index (κ3) is 3.03. The van der Waals surface area contributed by atoms with Crippen molar-refractivity contribution in [1.29, 1.82) is 0 Å². The maximum atomic E-state index is 13.0. The number of carbonyl (C=O) groups is 1. The van der Waals surface area contributed by atoms with Crippen LogP contribution in [0.5, 0.6) is 23.0 Å². The highest BCUT2D eigenvalue weighted by atomic mass is 19.3. The van der Waals surface area contributed by atoms with E-state index >= 15 is 0 Å². The normalized spacial score (nSPS) is 14.2. The molecule has 0 aliphatic carbocycles. The number of ether oxygens (including phenoxy) is 4. The molecule has 0 aromatic heterocycles. The third-order valence-corrected chi connectivity index (χ3v) is 3.30. The molecule has 0 saturated carbocycles. The number of carbonyl (C=O) groups excluding carboxylic acids is 1. The van der Waals surface area contributed by atoms with Crippen molar-refractivity contribution in [1.82, 2.24) is 0 Å². The minimum Gasteiger partial charge on any atom is -0.493 e. The molecule has 1 aliphatic rings. The van der Waals surface area contributed by atoms with E-state index in [4.69, 9.17) is 9.47 Å². The Morgan fingerprint density at radius 3 is 2.42 bits per heavy atom. The first-order chi connectivity index (χ1) is 11.4. The first kappa shape index (κ1) is 15.9. The van der Waals surface area contributed by atoms with Crippen LogP contribution in [0.3, 0.4) is 0 Å². The molecule has 0 unspecified atom stereocenters. The number of alkyl halides is 2. The molecular weight excluding hydrogens is 324 g/mol. The summed E-state index contributed by atoms with van der Waals surface area (Å²) >= 11 is 0. The molecule has 2 aromatic rings. The number of amides is 1. The summed E-state index contributed by atoms with van der Waals surface area (Å²) in [6.07, 6.45) is -3.70. The fraction of sp³-hybridized carbons (Fsp3) is 0.188. The van der Waals surface area contributed by atoms with Crippen molar-refractivity contribution < 1.29 is 32.5 Å². The van der Waals surface area contributed by atoms with Gasteiger partial charge in [-0.1, -0.05) is 0 Å². The number of hydrogen-bond donors (Lipinski definition) is 1. The number of fused-ring (bicyclic) bond motifs is 1. The molecule has 0 fully saturated rings. The number of anilines is 1. The summed E-state index contributed by atoms with van der Waals surface area (Å²) in [5.74, 6) is 0.200. The smallest absolute Gasteiger partial charge is 0.493 e. The number of nitrogens with one attached hydrogen (secondary N) is 1. The molecule has 0 spiro atoms. The highest BCUT2D eigenvalue weighted by Gasteiger charge is 2.43. The van der Waals surface area contributed by atoms with Crippen LogP contribution in [0, 0.1) is 0 Å². The van der Waals surface area contributed by atoms with Crippen LogP contribution in [-0.2, 0) is 0 Å². The second-order valence-corrected chi connectivity index (χ2v) is 4.85. The number of rotatable bonds is 4. The van der Waals surface area contributed by atoms with Gasteiger partial charge in [0, 0.05) is 17.3 Å². The van der Waals surface area contributed by atoms with Crippen molar-refractivity contribution in [3.05, 3.63) is 42.0 Å². The van der Waals surface area contributed by atoms with Gasteiger partial charge in [0.1, 0.15) is 0 Å². The molecule has 1 heterocycles. The molecule has 1 aliphatic heterocycles. The van der Waals surface area contributed by atoms with Crippen LogP contribution in [0.4, 0.5) is 14.5 Å². The number of hydrogen-bond acceptors (Lipinski definition) is 5. The topological polar surface area (TPSA) is 66.0 Å². The summed E-state index contributed by atoms with van der Waals surface area (Å²) in [7, 11) is 2.94. The Bertz CT molecular complexity index is 794. The first-order valence-corrected chi connectivity index (χ1v) is 6.85. The summed E-state index contributed by atoms with van der Waals surface area (Å²) in [4.78, 5) is 12.3. The van der Waals surface area contributed by atoms with Crippen LogP contribution >= 0.6 is 0 Å². The Hall–Kier alpha value is -3.03. The van der Waals surface area contributed by atoms with E-state index in [1.54, 1.807) is 12.1 Å². The maximum Gasteiger partial charge on any atom is 0.586 e. The van der Waals surface area contributed by atoms with Gasteiger partial charge in [0.15, 0.2) is 23.0 Å². The van der Waals surface area contributed by atoms with Crippen molar-refractivity contribution in [3.8, 4) is 23.0 Å². The second-order valence-electron chi connectivity index (χ2n) is 4.85. The van der Waals surface area contributed by atoms with E-state index in [0.29, 0.717) is 17.1 Å². The van der Waals surface area contributed by atoms with Gasteiger partial charge in [-0.25, -0.2) is 0 Å². The Balaban J connectivity index is 1.79. The van der Waals surface area contributed by atoms with Crippen LogP contribution in [0.25, 0.3) is 0 Å². The van der Waals surface area contributed by atoms with Gasteiger partial charge in [0.05, 0.1) is 14.2 Å². The monoisotopic (exact) mass is 337 g/mol. The molecule has 0 saturated heterocycles. The van der Waals surface area contributed by atoms with E-state index in [1.165, 1.54) is 38.5 Å². The first-order valence-electron chi connectivity index (χ1n) is 6.85. The lowest BCUT2D eigenvalue weighted by molar-refractivity contribution is -0.286. The second kappa shape index (κ2) is 5.88. The minimum atomic E-state index is -3.70. The van der Waals surface area contributed by atoms with E-state index in [0.717, 1.165) is 0 Å². The quantitative estimate of drug-likeness (QED) is 0.927. The lowest BCUT2D eigenvalue weighted by atomic mass is 10.1. The molecule has 24 heavy (non-hydrogen) atoms. The van der Waals surface area contributed by atoms with Gasteiger partial charge in [-0.05, 0) is 30.3 Å². The highest BCUT2D eigenvalue weighted by Crippen LogP contribution is 2.42. The van der Waals surface area contributed by atoms with Crippen LogP contribution < -0.4 is 24.3 Å². The molecule has 6 nitrogen and oxygen atoms in total. The van der Waals surface area contributed by atoms with Gasteiger partial charge in [-0.3, -0.25) is 4.79 Å². The fourth-order valence-corrected chi connectivity index (χ4v) is 2.21. The molecule has 3 rings (SSSR count).